The number of likely N-dealkylation sites (N-methyl/N-ethyl adjacent to an activating group) is 1. The molecule has 0 aliphatic rings. The Kier molecular flexibility index (Phi) is 7.33. The summed E-state index contributed by atoms with van der Waals surface area (Å²) in [5.41, 5.74) is 2.49. The van der Waals surface area contributed by atoms with Crippen LogP contribution in [0, 0.1) is 6.92 Å². The Morgan fingerprint density at radius 1 is 1.13 bits per heavy atom. The van der Waals surface area contributed by atoms with Crippen molar-refractivity contribution in [1.29, 1.82) is 0 Å². The second kappa shape index (κ2) is 9.78. The molecule has 0 aliphatic carbocycles. The van der Waals surface area contributed by atoms with Gasteiger partial charge in [0.1, 0.15) is 10.0 Å². The molecule has 0 spiro atoms. The molecule has 0 unspecified atom stereocenters. The molecule has 0 aliphatic heterocycles. The van der Waals surface area contributed by atoms with Gasteiger partial charge in [-0.1, -0.05) is 31.5 Å². The molecular weight excluding hydrogens is 430 g/mol. The molecule has 8 heteroatoms. The van der Waals surface area contributed by atoms with Gasteiger partial charge in [0, 0.05) is 17.8 Å². The first-order chi connectivity index (χ1) is 14.8. The van der Waals surface area contributed by atoms with Crippen LogP contribution in [-0.4, -0.2) is 37.3 Å². The average molecular weight is 460 g/mol. The van der Waals surface area contributed by atoms with E-state index in [0.29, 0.717) is 23.0 Å². The summed E-state index contributed by atoms with van der Waals surface area (Å²) in [7, 11) is -3.79. The third-order valence-corrected chi connectivity index (χ3v) is 8.48. The fourth-order valence-corrected chi connectivity index (χ4v) is 6.36. The highest BCUT2D eigenvalue weighted by molar-refractivity contribution is 7.94. The Bertz CT molecular complexity index is 1180. The predicted octanol–water partition coefficient (Wildman–Crippen LogP) is 4.77. The lowest BCUT2D eigenvalue weighted by atomic mass is 10.1. The van der Waals surface area contributed by atoms with Gasteiger partial charge in [0.15, 0.2) is 0 Å². The molecular formula is C23H29N3O3S2. The summed E-state index contributed by atoms with van der Waals surface area (Å²) in [6.07, 6.45) is 2.15. The van der Waals surface area contributed by atoms with E-state index in [2.05, 4.69) is 28.8 Å². The summed E-state index contributed by atoms with van der Waals surface area (Å²) in [6.45, 7) is 9.09. The smallest absolute Gasteiger partial charge is 0.272 e. The van der Waals surface area contributed by atoms with Crippen LogP contribution in [0.5, 0.6) is 0 Å². The van der Waals surface area contributed by atoms with E-state index in [4.69, 9.17) is 0 Å². The number of amides is 1. The van der Waals surface area contributed by atoms with Crippen molar-refractivity contribution in [3.05, 3.63) is 53.2 Å². The van der Waals surface area contributed by atoms with Gasteiger partial charge in [0.2, 0.25) is 5.91 Å². The maximum absolute atomic E-state index is 13.1. The zero-order chi connectivity index (χ0) is 22.6. The predicted molar refractivity (Wildman–Crippen MR) is 127 cm³/mol. The number of nitrogens with zero attached hydrogens (tertiary/aromatic N) is 2. The molecule has 0 radical (unpaired) electrons. The first-order valence-electron chi connectivity index (χ1n) is 10.6. The Morgan fingerprint density at radius 2 is 1.87 bits per heavy atom. The topological polar surface area (TPSA) is 79.4 Å². The lowest BCUT2D eigenvalue weighted by molar-refractivity contribution is -0.130. The summed E-state index contributed by atoms with van der Waals surface area (Å²) in [4.78, 5) is 18.5. The van der Waals surface area contributed by atoms with Gasteiger partial charge in [0.05, 0.1) is 12.1 Å². The van der Waals surface area contributed by atoms with Crippen LogP contribution >= 0.6 is 11.3 Å². The monoisotopic (exact) mass is 459 g/mol. The summed E-state index contributed by atoms with van der Waals surface area (Å²) in [6, 6.07) is 11.2. The van der Waals surface area contributed by atoms with E-state index < -0.39 is 10.0 Å². The van der Waals surface area contributed by atoms with Crippen LogP contribution in [0.15, 0.2) is 40.6 Å². The van der Waals surface area contributed by atoms with Gasteiger partial charge in [0.25, 0.3) is 10.0 Å². The van der Waals surface area contributed by atoms with E-state index >= 15 is 0 Å². The summed E-state index contributed by atoms with van der Waals surface area (Å²) in [5, 5.41) is 0.975. The number of carbonyl (C=O) groups is 1. The first kappa shape index (κ1) is 23.2. The molecule has 2 aromatic heterocycles. The van der Waals surface area contributed by atoms with Crippen LogP contribution < -0.4 is 4.72 Å². The molecule has 31 heavy (non-hydrogen) atoms. The molecule has 0 saturated heterocycles. The molecule has 1 amide bonds. The number of aromatic nitrogens is 1. The molecule has 0 bridgehead atoms. The molecule has 166 valence electrons. The van der Waals surface area contributed by atoms with Crippen molar-refractivity contribution in [3.8, 4) is 0 Å². The van der Waals surface area contributed by atoms with Crippen molar-refractivity contribution in [2.24, 2.45) is 0 Å². The van der Waals surface area contributed by atoms with Gasteiger partial charge in [-0.3, -0.25) is 9.52 Å². The molecule has 0 atom stereocenters. The zero-order valence-electron chi connectivity index (χ0n) is 18.4. The Labute approximate surface area is 188 Å². The Hall–Kier alpha value is -2.45. The maximum atomic E-state index is 13.1. The second-order valence-electron chi connectivity index (χ2n) is 7.46. The van der Waals surface area contributed by atoms with Crippen LogP contribution in [0.1, 0.15) is 44.0 Å². The summed E-state index contributed by atoms with van der Waals surface area (Å²) >= 11 is 1.26. The van der Waals surface area contributed by atoms with E-state index in [-0.39, 0.29) is 18.1 Å². The van der Waals surface area contributed by atoms with Gasteiger partial charge in [-0.2, -0.15) is 0 Å². The first-order valence-corrected chi connectivity index (χ1v) is 12.9. The van der Waals surface area contributed by atoms with E-state index in [1.54, 1.807) is 23.1 Å². The Balaban J connectivity index is 1.85. The minimum atomic E-state index is -3.79. The van der Waals surface area contributed by atoms with Crippen molar-refractivity contribution >= 4 is 43.2 Å². The number of pyridine rings is 1. The third kappa shape index (κ3) is 5.25. The van der Waals surface area contributed by atoms with Crippen molar-refractivity contribution in [2.45, 2.75) is 51.2 Å². The number of aryl methyl sites for hydroxylation is 2. The number of nitrogens with one attached hydrogen (secondary N) is 1. The van der Waals surface area contributed by atoms with Gasteiger partial charge >= 0.3 is 0 Å². The minimum absolute atomic E-state index is 0.0271. The van der Waals surface area contributed by atoms with Crippen molar-refractivity contribution in [2.75, 3.05) is 17.8 Å². The normalized spacial score (nSPS) is 11.6. The molecule has 6 nitrogen and oxygen atoms in total. The number of rotatable bonds is 9. The molecule has 1 N–H and O–H groups in total. The number of thiophene rings is 1. The van der Waals surface area contributed by atoms with Crippen LogP contribution in [-0.2, 0) is 27.7 Å². The standard InChI is InChI=1S/C23H29N3O3S2/c1-5-9-17-12-13-20-19(14-17)16(4)23(30-20)31(28,29)25-21-11-8-10-18(24-21)15-22(27)26(6-2)7-3/h8,10-14H,5-7,9,15H2,1-4H3,(H,24,25). The van der Waals surface area contributed by atoms with Crippen LogP contribution in [0.3, 0.4) is 0 Å². The minimum Gasteiger partial charge on any atom is -0.343 e. The molecule has 3 aromatic rings. The van der Waals surface area contributed by atoms with Gasteiger partial charge in [-0.15, -0.1) is 11.3 Å². The maximum Gasteiger partial charge on any atom is 0.272 e. The molecule has 3 rings (SSSR count). The number of anilines is 1. The number of hydrogen-bond acceptors (Lipinski definition) is 5. The Morgan fingerprint density at radius 3 is 2.55 bits per heavy atom. The zero-order valence-corrected chi connectivity index (χ0v) is 20.1. The quantitative estimate of drug-likeness (QED) is 0.500. The summed E-state index contributed by atoms with van der Waals surface area (Å²) < 4.78 is 30.1. The van der Waals surface area contributed by atoms with E-state index in [9.17, 15) is 13.2 Å². The molecule has 1 aromatic carbocycles. The molecule has 0 saturated carbocycles. The fraction of sp³-hybridized carbons (Fsp3) is 0.391. The third-order valence-electron chi connectivity index (χ3n) is 5.23. The van der Waals surface area contributed by atoms with Crippen molar-refractivity contribution in [3.63, 3.8) is 0 Å². The summed E-state index contributed by atoms with van der Waals surface area (Å²) in [5.74, 6) is 0.189. The average Bonchev–Trinajstić information content (AvgIpc) is 3.06. The van der Waals surface area contributed by atoms with Crippen molar-refractivity contribution < 1.29 is 13.2 Å². The fourth-order valence-electron chi connectivity index (χ4n) is 3.61. The van der Waals surface area contributed by atoms with Gasteiger partial charge < -0.3 is 4.90 Å². The lowest BCUT2D eigenvalue weighted by Gasteiger charge is -2.18. The molecule has 0 fully saturated rings. The largest absolute Gasteiger partial charge is 0.343 e. The number of fused-ring (bicyclic) bond motifs is 1. The highest BCUT2D eigenvalue weighted by Crippen LogP contribution is 2.35. The number of benzene rings is 1. The van der Waals surface area contributed by atoms with Gasteiger partial charge in [-0.05, 0) is 61.9 Å². The van der Waals surface area contributed by atoms with Crippen LogP contribution in [0.25, 0.3) is 10.1 Å². The molecule has 2 heterocycles. The highest BCUT2D eigenvalue weighted by Gasteiger charge is 2.23. The van der Waals surface area contributed by atoms with E-state index in [1.165, 1.54) is 16.9 Å². The second-order valence-corrected chi connectivity index (χ2v) is 10.4. The van der Waals surface area contributed by atoms with E-state index in [0.717, 1.165) is 28.5 Å². The SMILES string of the molecule is CCCc1ccc2sc(S(=O)(=O)Nc3cccc(CC(=O)N(CC)CC)n3)c(C)c2c1. The van der Waals surface area contributed by atoms with E-state index in [1.807, 2.05) is 26.8 Å². The number of hydrogen-bond donors (Lipinski definition) is 1. The number of carbonyl (C=O) groups excluding carboxylic acids is 1. The van der Waals surface area contributed by atoms with Crippen LogP contribution in [0.4, 0.5) is 5.82 Å². The lowest BCUT2D eigenvalue weighted by Crippen LogP contribution is -2.32. The van der Waals surface area contributed by atoms with Crippen molar-refractivity contribution in [1.82, 2.24) is 9.88 Å². The number of sulfonamides is 1. The van der Waals surface area contributed by atoms with Crippen LogP contribution in [0.2, 0.25) is 0 Å². The highest BCUT2D eigenvalue weighted by atomic mass is 32.2. The van der Waals surface area contributed by atoms with Gasteiger partial charge in [-0.25, -0.2) is 13.4 Å².